The lowest BCUT2D eigenvalue weighted by molar-refractivity contribution is -0.128. The number of esters is 1. The molecule has 0 bridgehead atoms. The van der Waals surface area contributed by atoms with Crippen LogP contribution in [0.2, 0.25) is 0 Å². The fourth-order valence-electron chi connectivity index (χ4n) is 2.55. The van der Waals surface area contributed by atoms with Crippen molar-refractivity contribution >= 4 is 40.1 Å². The summed E-state index contributed by atoms with van der Waals surface area (Å²) in [4.78, 5) is 24.4. The smallest absolute Gasteiger partial charge is 0.336 e. The van der Waals surface area contributed by atoms with E-state index in [0.717, 1.165) is 10.0 Å². The lowest BCUT2D eigenvalue weighted by Gasteiger charge is -2.06. The lowest BCUT2D eigenvalue weighted by Crippen LogP contribution is -2.17. The average molecular weight is 479 g/mol. The first-order chi connectivity index (χ1) is 15.0. The molecule has 0 saturated carbocycles. The molecule has 7 heteroatoms. The molecule has 3 aromatic carbocycles. The van der Waals surface area contributed by atoms with Gasteiger partial charge >= 0.3 is 5.97 Å². The van der Waals surface area contributed by atoms with Crippen molar-refractivity contribution in [3.63, 3.8) is 0 Å². The van der Waals surface area contributed by atoms with E-state index in [9.17, 15) is 9.59 Å². The Hall–Kier alpha value is -3.71. The molecule has 0 atom stereocenters. The molecule has 6 nitrogen and oxygen atoms in total. The number of nitrogens with zero attached hydrogens (tertiary/aromatic N) is 1. The van der Waals surface area contributed by atoms with E-state index in [1.165, 1.54) is 12.3 Å². The minimum Gasteiger partial charge on any atom is -0.497 e. The first-order valence-corrected chi connectivity index (χ1v) is 10.1. The molecule has 0 fully saturated rings. The summed E-state index contributed by atoms with van der Waals surface area (Å²) in [5.74, 6) is 0.0663. The van der Waals surface area contributed by atoms with Gasteiger partial charge in [0.1, 0.15) is 11.5 Å². The number of methoxy groups -OCH3 is 1. The number of hydrogen-bond donors (Lipinski definition) is 1. The second kappa shape index (κ2) is 10.9. The Morgan fingerprint density at radius 2 is 1.74 bits per heavy atom. The first kappa shape index (κ1) is 22.0. The molecule has 1 amide bonds. The number of benzene rings is 3. The number of nitrogens with one attached hydrogen (secondary N) is 1. The van der Waals surface area contributed by atoms with Gasteiger partial charge in [-0.25, -0.2) is 10.2 Å². The maximum atomic E-state index is 12.2. The van der Waals surface area contributed by atoms with Gasteiger partial charge in [0.05, 0.1) is 13.3 Å². The van der Waals surface area contributed by atoms with Gasteiger partial charge in [-0.15, -0.1) is 0 Å². The highest BCUT2D eigenvalue weighted by Crippen LogP contribution is 2.22. The van der Waals surface area contributed by atoms with Gasteiger partial charge in [0.25, 0.3) is 5.91 Å². The van der Waals surface area contributed by atoms with Crippen LogP contribution in [-0.2, 0) is 4.79 Å². The van der Waals surface area contributed by atoms with E-state index in [0.29, 0.717) is 22.6 Å². The van der Waals surface area contributed by atoms with Crippen molar-refractivity contribution in [2.45, 2.75) is 0 Å². The molecule has 0 saturated heterocycles. The Kier molecular flexibility index (Phi) is 7.73. The third kappa shape index (κ3) is 6.65. The zero-order valence-electron chi connectivity index (χ0n) is 16.6. The molecular formula is C24H19BrN2O4. The van der Waals surface area contributed by atoms with Crippen LogP contribution in [0.25, 0.3) is 6.08 Å². The van der Waals surface area contributed by atoms with Gasteiger partial charge < -0.3 is 9.47 Å². The van der Waals surface area contributed by atoms with Crippen LogP contribution in [0.3, 0.4) is 0 Å². The monoisotopic (exact) mass is 478 g/mol. The summed E-state index contributed by atoms with van der Waals surface area (Å²) in [7, 11) is 1.55. The van der Waals surface area contributed by atoms with Gasteiger partial charge in [0, 0.05) is 21.7 Å². The molecule has 1 N–H and O–H groups in total. The number of amides is 1. The highest BCUT2D eigenvalue weighted by atomic mass is 79.9. The molecule has 3 aromatic rings. The number of hydrogen-bond acceptors (Lipinski definition) is 5. The maximum absolute atomic E-state index is 12.2. The van der Waals surface area contributed by atoms with Crippen molar-refractivity contribution in [2.75, 3.05) is 7.11 Å². The van der Waals surface area contributed by atoms with Crippen molar-refractivity contribution < 1.29 is 19.1 Å². The van der Waals surface area contributed by atoms with Crippen LogP contribution in [0.4, 0.5) is 0 Å². The molecule has 0 aliphatic heterocycles. The second-order valence-electron chi connectivity index (χ2n) is 6.27. The van der Waals surface area contributed by atoms with Crippen LogP contribution in [0, 0.1) is 0 Å². The highest BCUT2D eigenvalue weighted by molar-refractivity contribution is 9.10. The van der Waals surface area contributed by atoms with Gasteiger partial charge in [-0.2, -0.15) is 5.10 Å². The molecule has 0 aliphatic rings. The summed E-state index contributed by atoms with van der Waals surface area (Å²) < 4.78 is 11.3. The van der Waals surface area contributed by atoms with Crippen LogP contribution < -0.4 is 14.9 Å². The predicted molar refractivity (Wildman–Crippen MR) is 123 cm³/mol. The third-order valence-electron chi connectivity index (χ3n) is 4.12. The topological polar surface area (TPSA) is 77.0 Å². The summed E-state index contributed by atoms with van der Waals surface area (Å²) in [6, 6.07) is 21.2. The molecule has 0 unspecified atom stereocenters. The fourth-order valence-corrected chi connectivity index (χ4v) is 2.93. The van der Waals surface area contributed by atoms with Gasteiger partial charge in [0.15, 0.2) is 0 Å². The van der Waals surface area contributed by atoms with Crippen molar-refractivity contribution in [3.05, 3.63) is 100 Å². The van der Waals surface area contributed by atoms with Crippen molar-refractivity contribution in [3.8, 4) is 11.5 Å². The highest BCUT2D eigenvalue weighted by Gasteiger charge is 2.08. The van der Waals surface area contributed by atoms with Crippen molar-refractivity contribution in [1.82, 2.24) is 5.43 Å². The number of halogens is 1. The number of carbonyl (C=O) groups is 2. The summed E-state index contributed by atoms with van der Waals surface area (Å²) in [6.45, 7) is 0. The summed E-state index contributed by atoms with van der Waals surface area (Å²) in [5, 5.41) is 3.98. The summed E-state index contributed by atoms with van der Waals surface area (Å²) in [6.07, 6.45) is 4.43. The van der Waals surface area contributed by atoms with E-state index >= 15 is 0 Å². The predicted octanol–water partition coefficient (Wildman–Crippen LogP) is 4.84. The molecule has 31 heavy (non-hydrogen) atoms. The Morgan fingerprint density at radius 3 is 2.45 bits per heavy atom. The molecule has 0 radical (unpaired) electrons. The molecule has 3 rings (SSSR count). The zero-order chi connectivity index (χ0) is 22.1. The van der Waals surface area contributed by atoms with Crippen LogP contribution in [0.1, 0.15) is 21.5 Å². The van der Waals surface area contributed by atoms with Crippen molar-refractivity contribution in [2.24, 2.45) is 5.10 Å². The summed E-state index contributed by atoms with van der Waals surface area (Å²) in [5.41, 5.74) is 4.29. The number of ether oxygens (including phenoxy) is 2. The van der Waals surface area contributed by atoms with Crippen LogP contribution in [0.15, 0.2) is 88.4 Å². The molecule has 0 aromatic heterocycles. The minimum atomic E-state index is -0.525. The lowest BCUT2D eigenvalue weighted by atomic mass is 10.2. The Bertz CT molecular complexity index is 1110. The normalized spacial score (nSPS) is 10.9. The maximum Gasteiger partial charge on any atom is 0.336 e. The molecule has 0 spiro atoms. The Morgan fingerprint density at radius 1 is 1.00 bits per heavy atom. The number of hydrazone groups is 1. The van der Waals surface area contributed by atoms with Gasteiger partial charge in [-0.3, -0.25) is 4.79 Å². The molecule has 156 valence electrons. The first-order valence-electron chi connectivity index (χ1n) is 9.27. The Labute approximate surface area is 188 Å². The third-order valence-corrected chi connectivity index (χ3v) is 4.61. The van der Waals surface area contributed by atoms with E-state index in [1.807, 2.05) is 30.3 Å². The van der Waals surface area contributed by atoms with Gasteiger partial charge in [-0.1, -0.05) is 46.3 Å². The van der Waals surface area contributed by atoms with E-state index in [4.69, 9.17) is 9.47 Å². The second-order valence-corrected chi connectivity index (χ2v) is 7.19. The van der Waals surface area contributed by atoms with E-state index in [-0.39, 0.29) is 5.91 Å². The van der Waals surface area contributed by atoms with Crippen LogP contribution in [0.5, 0.6) is 11.5 Å². The average Bonchev–Trinajstić information content (AvgIpc) is 2.80. The Balaban J connectivity index is 1.66. The van der Waals surface area contributed by atoms with Crippen LogP contribution in [-0.4, -0.2) is 25.2 Å². The molecule has 0 aliphatic carbocycles. The standard InChI is InChI=1S/C24H19BrN2O4/c1-30-21-11-8-18(9-12-21)24(29)27-26-16-19-15-20(25)10-13-22(19)31-23(28)14-7-17-5-3-2-4-6-17/h2-16H,1H3,(H,27,29)/b14-7+,26-16+. The zero-order valence-corrected chi connectivity index (χ0v) is 18.2. The fraction of sp³-hybridized carbons (Fsp3) is 0.0417. The van der Waals surface area contributed by atoms with E-state index in [2.05, 4.69) is 26.5 Å². The van der Waals surface area contributed by atoms with Crippen LogP contribution >= 0.6 is 15.9 Å². The molecule has 0 heterocycles. The summed E-state index contributed by atoms with van der Waals surface area (Å²) >= 11 is 3.38. The minimum absolute atomic E-state index is 0.313. The van der Waals surface area contributed by atoms with E-state index < -0.39 is 5.97 Å². The number of carbonyl (C=O) groups excluding carboxylic acids is 2. The van der Waals surface area contributed by atoms with Gasteiger partial charge in [-0.05, 0) is 54.1 Å². The molecular weight excluding hydrogens is 460 g/mol. The van der Waals surface area contributed by atoms with E-state index in [1.54, 1.807) is 55.7 Å². The number of rotatable bonds is 7. The SMILES string of the molecule is COc1ccc(C(=O)N/N=C/c2cc(Br)ccc2OC(=O)/C=C/c2ccccc2)cc1. The van der Waals surface area contributed by atoms with Crippen molar-refractivity contribution in [1.29, 1.82) is 0 Å². The van der Waals surface area contributed by atoms with Gasteiger partial charge in [0.2, 0.25) is 0 Å². The largest absolute Gasteiger partial charge is 0.497 e. The quantitative estimate of drug-likeness (QED) is 0.173.